The number of carboxylic acids is 1. The molecule has 0 aliphatic heterocycles. The highest BCUT2D eigenvalue weighted by Gasteiger charge is 2.35. The lowest BCUT2D eigenvalue weighted by Gasteiger charge is -2.36. The number of carbonyl (C=O) groups is 3. The Balaban J connectivity index is 2.46. The number of aliphatic carboxylic acids is 1. The smallest absolute Gasteiger partial charge is 0.410 e. The second-order valence-corrected chi connectivity index (χ2v) is 6.55. The van der Waals surface area contributed by atoms with Crippen LogP contribution in [0, 0.1) is 11.3 Å². The van der Waals surface area contributed by atoms with Gasteiger partial charge >= 0.3 is 18.0 Å². The number of nitrogens with one attached hydrogen (secondary N) is 1. The summed E-state index contributed by atoms with van der Waals surface area (Å²) in [5.41, 5.74) is -0.416. The van der Waals surface area contributed by atoms with Gasteiger partial charge in [-0.2, -0.15) is 0 Å². The lowest BCUT2D eigenvalue weighted by atomic mass is 9.72. The van der Waals surface area contributed by atoms with Crippen LogP contribution in [0.2, 0.25) is 0 Å². The highest BCUT2D eigenvalue weighted by atomic mass is 16.7. The highest BCUT2D eigenvalue weighted by Crippen LogP contribution is 2.38. The molecule has 0 aromatic carbocycles. The molecular weight excluding hydrogens is 302 g/mol. The Morgan fingerprint density at radius 3 is 2.22 bits per heavy atom. The van der Waals surface area contributed by atoms with E-state index in [0.717, 1.165) is 32.1 Å². The molecule has 1 fully saturated rings. The third-order valence-electron chi connectivity index (χ3n) is 4.07. The van der Waals surface area contributed by atoms with E-state index < -0.39 is 29.7 Å². The van der Waals surface area contributed by atoms with Gasteiger partial charge in [0, 0.05) is 13.5 Å². The number of esters is 1. The van der Waals surface area contributed by atoms with Gasteiger partial charge in [-0.1, -0.05) is 33.1 Å². The summed E-state index contributed by atoms with van der Waals surface area (Å²) in [5, 5.41) is 11.7. The molecule has 0 heterocycles. The fraction of sp³-hybridized carbons (Fsp3) is 0.812. The first-order chi connectivity index (χ1) is 10.7. The summed E-state index contributed by atoms with van der Waals surface area (Å²) in [6.45, 7) is 5.10. The number of amides is 1. The molecule has 1 rings (SSSR count). The summed E-state index contributed by atoms with van der Waals surface area (Å²) in [6.07, 6.45) is 2.92. The number of alkyl carbamates (subject to hydrolysis) is 1. The molecule has 0 radical (unpaired) electrons. The van der Waals surface area contributed by atoms with Crippen LogP contribution >= 0.6 is 0 Å². The maximum absolute atomic E-state index is 11.8. The first kappa shape index (κ1) is 19.3. The predicted molar refractivity (Wildman–Crippen MR) is 82.6 cm³/mol. The second-order valence-electron chi connectivity index (χ2n) is 6.55. The van der Waals surface area contributed by atoms with Crippen LogP contribution in [0.3, 0.4) is 0 Å². The van der Waals surface area contributed by atoms with Gasteiger partial charge in [-0.25, -0.2) is 4.79 Å². The van der Waals surface area contributed by atoms with Gasteiger partial charge in [-0.3, -0.25) is 9.59 Å². The van der Waals surface area contributed by atoms with E-state index in [0.29, 0.717) is 0 Å². The maximum atomic E-state index is 11.8. The van der Waals surface area contributed by atoms with Crippen molar-refractivity contribution in [3.63, 3.8) is 0 Å². The van der Waals surface area contributed by atoms with E-state index in [1.165, 1.54) is 6.92 Å². The van der Waals surface area contributed by atoms with E-state index in [9.17, 15) is 14.4 Å². The van der Waals surface area contributed by atoms with E-state index in [4.69, 9.17) is 14.6 Å². The number of carbonyl (C=O) groups excluding carboxylic acids is 2. The number of ether oxygens (including phenoxy) is 2. The molecule has 7 heteroatoms. The molecule has 0 aromatic rings. The van der Waals surface area contributed by atoms with Gasteiger partial charge in [-0.05, 0) is 18.3 Å². The number of carboxylic acid groups (broad SMARTS) is 1. The van der Waals surface area contributed by atoms with Crippen molar-refractivity contribution in [2.45, 2.75) is 65.6 Å². The monoisotopic (exact) mass is 329 g/mol. The van der Waals surface area contributed by atoms with Gasteiger partial charge in [0.1, 0.15) is 0 Å². The zero-order valence-electron chi connectivity index (χ0n) is 14.1. The molecule has 23 heavy (non-hydrogen) atoms. The fourth-order valence-electron chi connectivity index (χ4n) is 2.81. The average Bonchev–Trinajstić information content (AvgIpc) is 2.45. The fourth-order valence-corrected chi connectivity index (χ4v) is 2.81. The normalized spacial score (nSPS) is 18.1. The molecule has 0 saturated heterocycles. The molecule has 1 atom stereocenters. The van der Waals surface area contributed by atoms with Crippen LogP contribution in [0.25, 0.3) is 0 Å². The van der Waals surface area contributed by atoms with Crippen molar-refractivity contribution in [1.29, 1.82) is 0 Å². The number of rotatable bonds is 7. The minimum Gasteiger partial charge on any atom is -0.481 e. The summed E-state index contributed by atoms with van der Waals surface area (Å²) in [4.78, 5) is 34.3. The van der Waals surface area contributed by atoms with Crippen LogP contribution in [0.1, 0.15) is 59.3 Å². The molecule has 1 amide bonds. The van der Waals surface area contributed by atoms with Crippen molar-refractivity contribution in [2.24, 2.45) is 11.3 Å². The summed E-state index contributed by atoms with van der Waals surface area (Å²) < 4.78 is 9.92. The van der Waals surface area contributed by atoms with Gasteiger partial charge in [0.15, 0.2) is 0 Å². The highest BCUT2D eigenvalue weighted by molar-refractivity contribution is 5.72. The molecule has 7 nitrogen and oxygen atoms in total. The van der Waals surface area contributed by atoms with E-state index in [2.05, 4.69) is 5.32 Å². The quantitative estimate of drug-likeness (QED) is 0.550. The molecule has 2 N–H and O–H groups in total. The standard InChI is InChI=1S/C16H27NO6/c1-11(2)14(20)22-12(3)23-15(21)17-10-16(9-13(18)19)7-5-4-6-8-16/h11-12H,4-10H2,1-3H3,(H,17,21)(H,18,19)/t12-/m1/s1. The summed E-state index contributed by atoms with van der Waals surface area (Å²) >= 11 is 0. The molecule has 1 aliphatic carbocycles. The number of hydrogen-bond donors (Lipinski definition) is 2. The van der Waals surface area contributed by atoms with Crippen LogP contribution in [0.15, 0.2) is 0 Å². The summed E-state index contributed by atoms with van der Waals surface area (Å²) in [7, 11) is 0. The molecule has 0 unspecified atom stereocenters. The van der Waals surface area contributed by atoms with E-state index in [1.54, 1.807) is 13.8 Å². The molecule has 1 aliphatic rings. The van der Waals surface area contributed by atoms with Gasteiger partial charge in [0.2, 0.25) is 6.29 Å². The Bertz CT molecular complexity index is 428. The van der Waals surface area contributed by atoms with Crippen molar-refractivity contribution in [3.8, 4) is 0 Å². The van der Waals surface area contributed by atoms with E-state index >= 15 is 0 Å². The molecule has 0 aromatic heterocycles. The molecule has 132 valence electrons. The van der Waals surface area contributed by atoms with Crippen LogP contribution in [0.4, 0.5) is 4.79 Å². The van der Waals surface area contributed by atoms with Crippen LogP contribution < -0.4 is 5.32 Å². The average molecular weight is 329 g/mol. The topological polar surface area (TPSA) is 102 Å². The Morgan fingerprint density at radius 1 is 1.09 bits per heavy atom. The second kappa shape index (κ2) is 8.74. The maximum Gasteiger partial charge on any atom is 0.410 e. The van der Waals surface area contributed by atoms with Gasteiger partial charge in [-0.15, -0.1) is 0 Å². The minimum absolute atomic E-state index is 0.0329. The lowest BCUT2D eigenvalue weighted by molar-refractivity contribution is -0.168. The molecule has 1 saturated carbocycles. The summed E-state index contributed by atoms with van der Waals surface area (Å²) in [6, 6.07) is 0. The Labute approximate surface area is 136 Å². The van der Waals surface area contributed by atoms with Crippen molar-refractivity contribution < 1.29 is 29.0 Å². The van der Waals surface area contributed by atoms with Gasteiger partial charge in [0.25, 0.3) is 0 Å². The first-order valence-corrected chi connectivity index (χ1v) is 8.11. The minimum atomic E-state index is -0.980. The van der Waals surface area contributed by atoms with Gasteiger partial charge < -0.3 is 19.9 Å². The van der Waals surface area contributed by atoms with Crippen LogP contribution in [-0.2, 0) is 19.1 Å². The van der Waals surface area contributed by atoms with Crippen LogP contribution in [-0.4, -0.2) is 36.0 Å². The molecule has 0 spiro atoms. The lowest BCUT2D eigenvalue weighted by Crippen LogP contribution is -2.41. The van der Waals surface area contributed by atoms with E-state index in [-0.39, 0.29) is 18.9 Å². The Kier molecular flexibility index (Phi) is 7.32. The van der Waals surface area contributed by atoms with E-state index in [1.807, 2.05) is 0 Å². The largest absolute Gasteiger partial charge is 0.481 e. The van der Waals surface area contributed by atoms with Crippen molar-refractivity contribution >= 4 is 18.0 Å². The third-order valence-corrected chi connectivity index (χ3v) is 4.07. The van der Waals surface area contributed by atoms with Gasteiger partial charge in [0.05, 0.1) is 12.3 Å². The number of hydrogen-bond acceptors (Lipinski definition) is 5. The predicted octanol–water partition coefficient (Wildman–Crippen LogP) is 2.68. The van der Waals surface area contributed by atoms with Crippen molar-refractivity contribution in [2.75, 3.05) is 6.54 Å². The Morgan fingerprint density at radius 2 is 1.70 bits per heavy atom. The SMILES string of the molecule is CC(C)C(=O)O[C@@H](C)OC(=O)NCC1(CC(=O)O)CCCCC1. The molecule has 0 bridgehead atoms. The first-order valence-electron chi connectivity index (χ1n) is 8.11. The third kappa shape index (κ3) is 6.88. The summed E-state index contributed by atoms with van der Waals surface area (Å²) in [5.74, 6) is -1.61. The zero-order chi connectivity index (χ0) is 17.5. The van der Waals surface area contributed by atoms with Crippen molar-refractivity contribution in [3.05, 3.63) is 0 Å². The van der Waals surface area contributed by atoms with Crippen molar-refractivity contribution in [1.82, 2.24) is 5.32 Å². The Hall–Kier alpha value is -1.79. The zero-order valence-corrected chi connectivity index (χ0v) is 14.1. The molecular formula is C16H27NO6. The van der Waals surface area contributed by atoms with Crippen LogP contribution in [0.5, 0.6) is 0 Å².